The third kappa shape index (κ3) is 4.26. The van der Waals surface area contributed by atoms with E-state index in [0.29, 0.717) is 13.0 Å². The van der Waals surface area contributed by atoms with E-state index >= 15 is 0 Å². The van der Waals surface area contributed by atoms with Crippen molar-refractivity contribution in [1.82, 2.24) is 0 Å². The average Bonchev–Trinajstić information content (AvgIpc) is 2.88. The topological polar surface area (TPSA) is 54.0 Å². The summed E-state index contributed by atoms with van der Waals surface area (Å²) in [7, 11) is 3.31. The molecule has 0 unspecified atom stereocenters. The van der Waals surface area contributed by atoms with Gasteiger partial charge in [0, 0.05) is 37.1 Å². The standard InChI is InChI=1S/C27H28ClN3O3/c1-33-20-11-8-19(9-12-20)29-27(32)22-15-18-7-10-21(34-2)16-25(18)31-14-13-30(17-26(22)31)24-6-4-3-5-23(24)28/h3-12,16,22,26H,13-15,17H2,1-2H3,(H,29,32)/t22-,26+/m1/s1. The Morgan fingerprint density at radius 1 is 0.941 bits per heavy atom. The molecule has 0 aliphatic carbocycles. The maximum absolute atomic E-state index is 13.6. The summed E-state index contributed by atoms with van der Waals surface area (Å²) in [6, 6.07) is 21.5. The van der Waals surface area contributed by atoms with Crippen molar-refractivity contribution in [2.24, 2.45) is 5.92 Å². The third-order valence-corrected chi connectivity index (χ3v) is 7.13. The molecule has 5 rings (SSSR count). The number of ether oxygens (including phenoxy) is 2. The second kappa shape index (κ2) is 9.47. The van der Waals surface area contributed by atoms with E-state index < -0.39 is 0 Å². The quantitative estimate of drug-likeness (QED) is 0.568. The zero-order valence-corrected chi connectivity index (χ0v) is 20.1. The van der Waals surface area contributed by atoms with Gasteiger partial charge in [0.05, 0.1) is 36.9 Å². The van der Waals surface area contributed by atoms with Gasteiger partial charge in [-0.1, -0.05) is 29.8 Å². The first-order valence-corrected chi connectivity index (χ1v) is 11.8. The van der Waals surface area contributed by atoms with Gasteiger partial charge < -0.3 is 24.6 Å². The maximum Gasteiger partial charge on any atom is 0.229 e. The summed E-state index contributed by atoms with van der Waals surface area (Å²) in [6.07, 6.45) is 0.666. The number of fused-ring (bicyclic) bond motifs is 3. The molecule has 0 radical (unpaired) electrons. The average molecular weight is 478 g/mol. The zero-order chi connectivity index (χ0) is 23.7. The number of carbonyl (C=O) groups is 1. The second-order valence-electron chi connectivity index (χ2n) is 8.68. The van der Waals surface area contributed by atoms with Crippen molar-refractivity contribution in [1.29, 1.82) is 0 Å². The van der Waals surface area contributed by atoms with E-state index in [4.69, 9.17) is 21.1 Å². The fourth-order valence-corrected chi connectivity index (χ4v) is 5.30. The Morgan fingerprint density at radius 3 is 2.41 bits per heavy atom. The molecule has 6 nitrogen and oxygen atoms in total. The smallest absolute Gasteiger partial charge is 0.229 e. The summed E-state index contributed by atoms with van der Waals surface area (Å²) < 4.78 is 10.7. The van der Waals surface area contributed by atoms with Crippen LogP contribution < -0.4 is 24.6 Å². The molecule has 1 fully saturated rings. The Kier molecular flexibility index (Phi) is 6.24. The van der Waals surface area contributed by atoms with Gasteiger partial charge in [-0.3, -0.25) is 4.79 Å². The van der Waals surface area contributed by atoms with Crippen LogP contribution in [0.15, 0.2) is 66.7 Å². The minimum Gasteiger partial charge on any atom is -0.497 e. The van der Waals surface area contributed by atoms with Crippen LogP contribution in [-0.4, -0.2) is 45.8 Å². The molecule has 0 bridgehead atoms. The monoisotopic (exact) mass is 477 g/mol. The van der Waals surface area contributed by atoms with Crippen LogP contribution >= 0.6 is 11.6 Å². The van der Waals surface area contributed by atoms with Crippen molar-refractivity contribution in [2.75, 3.05) is 49.0 Å². The highest BCUT2D eigenvalue weighted by atomic mass is 35.5. The van der Waals surface area contributed by atoms with Crippen LogP contribution in [-0.2, 0) is 11.2 Å². The van der Waals surface area contributed by atoms with E-state index in [9.17, 15) is 4.79 Å². The van der Waals surface area contributed by atoms with E-state index in [1.54, 1.807) is 14.2 Å². The van der Waals surface area contributed by atoms with Crippen molar-refractivity contribution in [3.8, 4) is 11.5 Å². The summed E-state index contributed by atoms with van der Waals surface area (Å²) in [4.78, 5) is 18.2. The molecule has 3 aromatic carbocycles. The molecule has 3 aromatic rings. The van der Waals surface area contributed by atoms with Gasteiger partial charge in [-0.15, -0.1) is 0 Å². The molecule has 1 amide bonds. The number of halogens is 1. The highest BCUT2D eigenvalue weighted by Crippen LogP contribution is 2.40. The van der Waals surface area contributed by atoms with E-state index in [2.05, 4.69) is 27.2 Å². The summed E-state index contributed by atoms with van der Waals surface area (Å²) in [5, 5.41) is 3.85. The van der Waals surface area contributed by atoms with Gasteiger partial charge in [0.2, 0.25) is 5.91 Å². The minimum atomic E-state index is -0.215. The van der Waals surface area contributed by atoms with Crippen LogP contribution in [0.25, 0.3) is 0 Å². The Labute approximate surface area is 205 Å². The molecule has 2 aliphatic heterocycles. The lowest BCUT2D eigenvalue weighted by Crippen LogP contribution is -2.60. The zero-order valence-electron chi connectivity index (χ0n) is 19.3. The molecule has 0 aromatic heterocycles. The molecule has 176 valence electrons. The van der Waals surface area contributed by atoms with Crippen molar-refractivity contribution in [2.45, 2.75) is 12.5 Å². The molecule has 2 aliphatic rings. The lowest BCUT2D eigenvalue weighted by Gasteiger charge is -2.49. The number of hydrogen-bond acceptors (Lipinski definition) is 5. The number of carbonyl (C=O) groups excluding carboxylic acids is 1. The molecular weight excluding hydrogens is 450 g/mol. The number of nitrogens with zero attached hydrogens (tertiary/aromatic N) is 2. The number of para-hydroxylation sites is 1. The fourth-order valence-electron chi connectivity index (χ4n) is 5.04. The van der Waals surface area contributed by atoms with E-state index in [1.807, 2.05) is 54.6 Å². The number of amides is 1. The molecule has 1 N–H and O–H groups in total. The van der Waals surface area contributed by atoms with Crippen LogP contribution in [0.2, 0.25) is 5.02 Å². The van der Waals surface area contributed by atoms with Crippen molar-refractivity contribution < 1.29 is 14.3 Å². The molecule has 0 spiro atoms. The number of anilines is 3. The Hall–Kier alpha value is -3.38. The Morgan fingerprint density at radius 2 is 1.68 bits per heavy atom. The Balaban J connectivity index is 1.46. The third-order valence-electron chi connectivity index (χ3n) is 6.81. The van der Waals surface area contributed by atoms with Gasteiger partial charge >= 0.3 is 0 Å². The molecule has 2 atom stereocenters. The van der Waals surface area contributed by atoms with Crippen LogP contribution in [0.4, 0.5) is 17.1 Å². The number of piperazine rings is 1. The first-order chi connectivity index (χ1) is 16.6. The van der Waals surface area contributed by atoms with E-state index in [0.717, 1.165) is 52.2 Å². The van der Waals surface area contributed by atoms with Gasteiger partial charge in [-0.05, 0) is 54.4 Å². The lowest BCUT2D eigenvalue weighted by molar-refractivity contribution is -0.120. The van der Waals surface area contributed by atoms with Crippen molar-refractivity contribution >= 4 is 34.6 Å². The van der Waals surface area contributed by atoms with Gasteiger partial charge in [0.25, 0.3) is 0 Å². The lowest BCUT2D eigenvalue weighted by atomic mass is 9.83. The van der Waals surface area contributed by atoms with Gasteiger partial charge in [-0.2, -0.15) is 0 Å². The predicted octanol–water partition coefficient (Wildman–Crippen LogP) is 4.86. The molecule has 1 saturated heterocycles. The summed E-state index contributed by atoms with van der Waals surface area (Å²) in [5.41, 5.74) is 4.08. The summed E-state index contributed by atoms with van der Waals surface area (Å²) in [5.74, 6) is 1.38. The number of hydrogen-bond donors (Lipinski definition) is 1. The van der Waals surface area contributed by atoms with Crippen LogP contribution in [0.3, 0.4) is 0 Å². The predicted molar refractivity (Wildman–Crippen MR) is 137 cm³/mol. The van der Waals surface area contributed by atoms with Crippen LogP contribution in [0, 0.1) is 5.92 Å². The number of rotatable bonds is 5. The van der Waals surface area contributed by atoms with E-state index in [1.165, 1.54) is 0 Å². The first kappa shape index (κ1) is 22.4. The van der Waals surface area contributed by atoms with Gasteiger partial charge in [0.1, 0.15) is 11.5 Å². The van der Waals surface area contributed by atoms with Crippen LogP contribution in [0.5, 0.6) is 11.5 Å². The minimum absolute atomic E-state index is 0.00266. The molecule has 2 heterocycles. The molecule has 0 saturated carbocycles. The highest BCUT2D eigenvalue weighted by Gasteiger charge is 2.42. The maximum atomic E-state index is 13.6. The number of nitrogens with one attached hydrogen (secondary N) is 1. The number of methoxy groups -OCH3 is 2. The van der Waals surface area contributed by atoms with Crippen molar-refractivity contribution in [3.63, 3.8) is 0 Å². The summed E-state index contributed by atoms with van der Waals surface area (Å²) >= 11 is 6.52. The van der Waals surface area contributed by atoms with Crippen LogP contribution in [0.1, 0.15) is 5.56 Å². The van der Waals surface area contributed by atoms with Crippen molar-refractivity contribution in [3.05, 3.63) is 77.3 Å². The van der Waals surface area contributed by atoms with Gasteiger partial charge in [0.15, 0.2) is 0 Å². The SMILES string of the molecule is COc1ccc(NC(=O)[C@@H]2Cc3ccc(OC)cc3N3CCN(c4ccccc4Cl)C[C@@H]23)cc1. The summed E-state index contributed by atoms with van der Waals surface area (Å²) in [6.45, 7) is 2.33. The molecule has 34 heavy (non-hydrogen) atoms. The normalized spacial score (nSPS) is 19.1. The van der Waals surface area contributed by atoms with E-state index in [-0.39, 0.29) is 17.9 Å². The molecular formula is C27H28ClN3O3. The number of benzene rings is 3. The molecule has 7 heteroatoms. The second-order valence-corrected chi connectivity index (χ2v) is 9.09. The largest absolute Gasteiger partial charge is 0.497 e. The Bertz CT molecular complexity index is 1180. The fraction of sp³-hybridized carbons (Fsp3) is 0.296. The van der Waals surface area contributed by atoms with Gasteiger partial charge in [-0.25, -0.2) is 0 Å². The first-order valence-electron chi connectivity index (χ1n) is 11.5. The highest BCUT2D eigenvalue weighted by molar-refractivity contribution is 6.33.